The summed E-state index contributed by atoms with van der Waals surface area (Å²) in [5, 5.41) is 9.48. The average Bonchev–Trinajstić information content (AvgIpc) is 2.99. The molecule has 2 aromatic carbocycles. The highest BCUT2D eigenvalue weighted by Crippen LogP contribution is 2.38. The third-order valence-corrected chi connectivity index (χ3v) is 5.10. The van der Waals surface area contributed by atoms with E-state index in [0.717, 1.165) is 9.60 Å². The summed E-state index contributed by atoms with van der Waals surface area (Å²) >= 11 is 1.25. The van der Waals surface area contributed by atoms with E-state index in [0.29, 0.717) is 10.5 Å². The predicted octanol–water partition coefficient (Wildman–Crippen LogP) is 3.34. The van der Waals surface area contributed by atoms with Crippen molar-refractivity contribution in [1.29, 1.82) is 0 Å². The van der Waals surface area contributed by atoms with E-state index in [-0.39, 0.29) is 18.0 Å². The number of benzene rings is 2. The molecule has 9 heteroatoms. The zero-order valence-electron chi connectivity index (χ0n) is 13.7. The van der Waals surface area contributed by atoms with Crippen LogP contribution in [0.15, 0.2) is 36.4 Å². The van der Waals surface area contributed by atoms with Gasteiger partial charge in [-0.05, 0) is 24.3 Å². The number of carbonyl (C=O) groups excluding carboxylic acids is 1. The van der Waals surface area contributed by atoms with E-state index >= 15 is 0 Å². The number of fused-ring (bicyclic) bond motifs is 2. The molecule has 1 aromatic heterocycles. The largest absolute Gasteiger partial charge is 0.481 e. The highest BCUT2D eigenvalue weighted by atomic mass is 32.1. The molecule has 1 unspecified atom stereocenters. The maximum Gasteiger partial charge on any atom is 0.307 e. The normalized spacial score (nSPS) is 16.3. The van der Waals surface area contributed by atoms with E-state index in [2.05, 4.69) is 4.98 Å². The standard InChI is InChI=1S/C18H12F2N2O4S/c19-9-4-5-14-11(6-9)21-15(27-14)8-22-17-10(20)2-1-3-12(17)26-13(18(22)25)7-16(23)24/h1-6,13H,7-8H2,(H,23,24). The lowest BCUT2D eigenvalue weighted by Gasteiger charge is -2.33. The average molecular weight is 390 g/mol. The summed E-state index contributed by atoms with van der Waals surface area (Å²) in [5.74, 6) is -2.88. The van der Waals surface area contributed by atoms with Gasteiger partial charge in [0, 0.05) is 6.07 Å². The molecule has 1 amide bonds. The number of nitrogens with zero attached hydrogens (tertiary/aromatic N) is 2. The summed E-state index contributed by atoms with van der Waals surface area (Å²) in [4.78, 5) is 29.2. The summed E-state index contributed by atoms with van der Waals surface area (Å²) in [5.41, 5.74) is 0.376. The van der Waals surface area contributed by atoms with Gasteiger partial charge >= 0.3 is 5.97 Å². The molecule has 3 aromatic rings. The van der Waals surface area contributed by atoms with Crippen LogP contribution in [0.25, 0.3) is 10.2 Å². The number of aromatic nitrogens is 1. The Hall–Kier alpha value is -3.07. The molecule has 2 heterocycles. The van der Waals surface area contributed by atoms with Crippen LogP contribution in [0.3, 0.4) is 0 Å². The summed E-state index contributed by atoms with van der Waals surface area (Å²) in [6.07, 6.45) is -1.81. The second-order valence-electron chi connectivity index (χ2n) is 5.93. The molecule has 1 N–H and O–H groups in total. The van der Waals surface area contributed by atoms with Crippen molar-refractivity contribution in [3.63, 3.8) is 0 Å². The summed E-state index contributed by atoms with van der Waals surface area (Å²) in [7, 11) is 0. The fourth-order valence-electron chi connectivity index (χ4n) is 2.94. The SMILES string of the molecule is O=C(O)CC1Oc2cccc(F)c2N(Cc2nc3cc(F)ccc3s2)C1=O. The molecular weight excluding hydrogens is 378 g/mol. The minimum absolute atomic E-state index is 0.0606. The predicted molar refractivity (Wildman–Crippen MR) is 93.8 cm³/mol. The van der Waals surface area contributed by atoms with Gasteiger partial charge in [-0.3, -0.25) is 14.5 Å². The van der Waals surface area contributed by atoms with Crippen molar-refractivity contribution in [2.45, 2.75) is 19.1 Å². The minimum Gasteiger partial charge on any atom is -0.481 e. The van der Waals surface area contributed by atoms with Crippen LogP contribution in [0.5, 0.6) is 5.75 Å². The van der Waals surface area contributed by atoms with Crippen LogP contribution in [-0.2, 0) is 16.1 Å². The first-order valence-electron chi connectivity index (χ1n) is 7.95. The smallest absolute Gasteiger partial charge is 0.307 e. The van der Waals surface area contributed by atoms with Crippen LogP contribution in [0, 0.1) is 11.6 Å². The molecular formula is C18H12F2N2O4S. The number of carboxylic acid groups (broad SMARTS) is 1. The van der Waals surface area contributed by atoms with Gasteiger partial charge in [0.25, 0.3) is 5.91 Å². The van der Waals surface area contributed by atoms with Crippen molar-refractivity contribution in [1.82, 2.24) is 4.98 Å². The molecule has 4 rings (SSSR count). The molecule has 0 aliphatic carbocycles. The Labute approximate surface area is 155 Å². The molecule has 1 atom stereocenters. The molecule has 0 bridgehead atoms. The lowest BCUT2D eigenvalue weighted by Crippen LogP contribution is -2.46. The first-order chi connectivity index (χ1) is 12.9. The van der Waals surface area contributed by atoms with Gasteiger partial charge in [-0.1, -0.05) is 6.07 Å². The third-order valence-electron chi connectivity index (χ3n) is 4.08. The fraction of sp³-hybridized carbons (Fsp3) is 0.167. The molecule has 138 valence electrons. The van der Waals surface area contributed by atoms with Gasteiger partial charge in [-0.15, -0.1) is 11.3 Å². The van der Waals surface area contributed by atoms with Crippen LogP contribution in [-0.4, -0.2) is 28.1 Å². The minimum atomic E-state index is -1.26. The van der Waals surface area contributed by atoms with Crippen LogP contribution in [0.1, 0.15) is 11.4 Å². The summed E-state index contributed by atoms with van der Waals surface area (Å²) in [6.45, 7) is -0.0762. The monoisotopic (exact) mass is 390 g/mol. The number of aliphatic carboxylic acids is 1. The first-order valence-corrected chi connectivity index (χ1v) is 8.77. The van der Waals surface area contributed by atoms with E-state index in [1.165, 1.54) is 41.7 Å². The van der Waals surface area contributed by atoms with Crippen molar-refractivity contribution in [2.75, 3.05) is 4.90 Å². The Bertz CT molecular complexity index is 1070. The zero-order chi connectivity index (χ0) is 19.1. The number of thiazole rings is 1. The van der Waals surface area contributed by atoms with Gasteiger partial charge in [-0.25, -0.2) is 13.8 Å². The number of carboxylic acids is 1. The number of carbonyl (C=O) groups is 2. The van der Waals surface area contributed by atoms with Crippen molar-refractivity contribution in [2.24, 2.45) is 0 Å². The molecule has 1 aliphatic rings. The second-order valence-corrected chi connectivity index (χ2v) is 7.05. The van der Waals surface area contributed by atoms with Crippen molar-refractivity contribution in [3.05, 3.63) is 53.0 Å². The quantitative estimate of drug-likeness (QED) is 0.739. The van der Waals surface area contributed by atoms with Crippen molar-refractivity contribution in [3.8, 4) is 5.75 Å². The number of para-hydroxylation sites is 1. The topological polar surface area (TPSA) is 79.7 Å². The number of halogens is 2. The zero-order valence-corrected chi connectivity index (χ0v) is 14.5. The van der Waals surface area contributed by atoms with Crippen LogP contribution in [0.2, 0.25) is 0 Å². The molecule has 0 saturated heterocycles. The van der Waals surface area contributed by atoms with E-state index in [9.17, 15) is 18.4 Å². The van der Waals surface area contributed by atoms with Gasteiger partial charge < -0.3 is 9.84 Å². The maximum absolute atomic E-state index is 14.4. The van der Waals surface area contributed by atoms with Gasteiger partial charge in [-0.2, -0.15) is 0 Å². The highest BCUT2D eigenvalue weighted by Gasteiger charge is 2.38. The van der Waals surface area contributed by atoms with Crippen LogP contribution >= 0.6 is 11.3 Å². The first kappa shape index (κ1) is 17.3. The van der Waals surface area contributed by atoms with E-state index in [1.54, 1.807) is 6.07 Å². The lowest BCUT2D eigenvalue weighted by atomic mass is 10.1. The number of anilines is 1. The van der Waals surface area contributed by atoms with Crippen LogP contribution in [0.4, 0.5) is 14.5 Å². The van der Waals surface area contributed by atoms with E-state index in [4.69, 9.17) is 9.84 Å². The molecule has 0 radical (unpaired) electrons. The van der Waals surface area contributed by atoms with Crippen molar-refractivity contribution < 1.29 is 28.2 Å². The molecule has 6 nitrogen and oxygen atoms in total. The Morgan fingerprint density at radius 2 is 2.11 bits per heavy atom. The Morgan fingerprint density at radius 1 is 1.30 bits per heavy atom. The molecule has 1 aliphatic heterocycles. The molecule has 0 saturated carbocycles. The molecule has 27 heavy (non-hydrogen) atoms. The number of amides is 1. The number of hydrogen-bond donors (Lipinski definition) is 1. The van der Waals surface area contributed by atoms with E-state index < -0.39 is 36.0 Å². The lowest BCUT2D eigenvalue weighted by molar-refractivity contribution is -0.142. The van der Waals surface area contributed by atoms with Crippen LogP contribution < -0.4 is 9.64 Å². The number of ether oxygens (including phenoxy) is 1. The number of hydrogen-bond acceptors (Lipinski definition) is 5. The van der Waals surface area contributed by atoms with Crippen molar-refractivity contribution >= 4 is 39.1 Å². The molecule has 0 spiro atoms. The van der Waals surface area contributed by atoms with Gasteiger partial charge in [0.2, 0.25) is 0 Å². The van der Waals surface area contributed by atoms with Gasteiger partial charge in [0.15, 0.2) is 11.9 Å². The third kappa shape index (κ3) is 3.21. The van der Waals surface area contributed by atoms with Gasteiger partial charge in [0.1, 0.15) is 22.3 Å². The Kier molecular flexibility index (Phi) is 4.23. The number of rotatable bonds is 4. The second kappa shape index (κ2) is 6.58. The van der Waals surface area contributed by atoms with E-state index in [1.807, 2.05) is 0 Å². The maximum atomic E-state index is 14.4. The van der Waals surface area contributed by atoms with Gasteiger partial charge in [0.05, 0.1) is 23.2 Å². The fourth-order valence-corrected chi connectivity index (χ4v) is 3.87. The Morgan fingerprint density at radius 3 is 2.89 bits per heavy atom. The molecule has 0 fully saturated rings. The summed E-state index contributed by atoms with van der Waals surface area (Å²) < 4.78 is 33.9. The highest BCUT2D eigenvalue weighted by molar-refractivity contribution is 7.18. The Balaban J connectivity index is 1.74. The summed E-state index contributed by atoms with van der Waals surface area (Å²) in [6, 6.07) is 8.24.